The number of benzene rings is 1. The minimum atomic E-state index is -3.38. The third-order valence-electron chi connectivity index (χ3n) is 5.22. The van der Waals surface area contributed by atoms with Crippen LogP contribution in [0.2, 0.25) is 0 Å². The fourth-order valence-corrected chi connectivity index (χ4v) is 4.56. The number of carbonyl (C=O) groups excluding carboxylic acids is 1. The molecule has 2 rings (SSSR count). The predicted molar refractivity (Wildman–Crippen MR) is 103 cm³/mol. The molecule has 150 valence electrons. The van der Waals surface area contributed by atoms with Crippen molar-refractivity contribution in [2.75, 3.05) is 5.75 Å². The second-order valence-corrected chi connectivity index (χ2v) is 9.55. The monoisotopic (exact) mass is 395 g/mol. The lowest BCUT2D eigenvalue weighted by molar-refractivity contribution is -0.137. The molecule has 1 fully saturated rings. The average molecular weight is 396 g/mol. The number of carboxylic acids is 1. The Hall–Kier alpha value is -1.89. The standard InChI is InChI=1S/C20H29NO5S/c1-2-27(25,26)18-10-6-9-16(14-18)20(24)21-17(11-12-19(22)23)13-15-7-4-3-5-8-15/h6,9-10,14-15,17H,2-5,7-8,11-13H2,1H3,(H,21,24)(H,22,23). The van der Waals surface area contributed by atoms with Gasteiger partial charge in [0.05, 0.1) is 10.6 Å². The molecule has 1 aromatic carbocycles. The summed E-state index contributed by atoms with van der Waals surface area (Å²) in [5.74, 6) is -0.756. The summed E-state index contributed by atoms with van der Waals surface area (Å²) in [7, 11) is -3.38. The molecule has 0 spiro atoms. The van der Waals surface area contributed by atoms with Gasteiger partial charge < -0.3 is 10.4 Å². The van der Waals surface area contributed by atoms with Gasteiger partial charge in [0, 0.05) is 18.0 Å². The Kier molecular flexibility index (Phi) is 7.83. The number of sulfone groups is 1. The molecule has 0 saturated heterocycles. The van der Waals surface area contributed by atoms with Gasteiger partial charge in [-0.15, -0.1) is 0 Å². The third-order valence-corrected chi connectivity index (χ3v) is 6.95. The molecule has 7 heteroatoms. The molecule has 0 radical (unpaired) electrons. The lowest BCUT2D eigenvalue weighted by Gasteiger charge is -2.27. The Bertz CT molecular complexity index is 753. The van der Waals surface area contributed by atoms with E-state index in [4.69, 9.17) is 5.11 Å². The zero-order valence-corrected chi connectivity index (χ0v) is 16.6. The summed E-state index contributed by atoms with van der Waals surface area (Å²) in [6.45, 7) is 1.56. The molecule has 1 unspecified atom stereocenters. The van der Waals surface area contributed by atoms with Crippen molar-refractivity contribution >= 4 is 21.7 Å². The van der Waals surface area contributed by atoms with Crippen molar-refractivity contribution in [1.29, 1.82) is 0 Å². The fourth-order valence-electron chi connectivity index (χ4n) is 3.64. The molecule has 2 N–H and O–H groups in total. The van der Waals surface area contributed by atoms with Crippen molar-refractivity contribution in [3.05, 3.63) is 29.8 Å². The van der Waals surface area contributed by atoms with Gasteiger partial charge in [0.1, 0.15) is 0 Å². The Labute approximate surface area is 161 Å². The van der Waals surface area contributed by atoms with E-state index in [2.05, 4.69) is 5.32 Å². The van der Waals surface area contributed by atoms with E-state index < -0.39 is 15.8 Å². The molecule has 0 aromatic heterocycles. The number of carbonyl (C=O) groups is 2. The third kappa shape index (κ3) is 6.65. The highest BCUT2D eigenvalue weighted by molar-refractivity contribution is 7.91. The van der Waals surface area contributed by atoms with E-state index in [0.29, 0.717) is 12.3 Å². The number of hydrogen-bond acceptors (Lipinski definition) is 4. The molecule has 1 atom stereocenters. The first kappa shape index (κ1) is 21.4. The molecule has 1 aromatic rings. The average Bonchev–Trinajstić information content (AvgIpc) is 2.67. The van der Waals surface area contributed by atoms with Gasteiger partial charge in [-0.2, -0.15) is 0 Å². The number of hydrogen-bond donors (Lipinski definition) is 2. The molecule has 0 aliphatic heterocycles. The maximum Gasteiger partial charge on any atom is 0.303 e. The van der Waals surface area contributed by atoms with Gasteiger partial charge in [0.15, 0.2) is 9.84 Å². The van der Waals surface area contributed by atoms with E-state index in [9.17, 15) is 18.0 Å². The Balaban J connectivity index is 2.09. The number of carboxylic acid groups (broad SMARTS) is 1. The van der Waals surface area contributed by atoms with Crippen LogP contribution in [0.3, 0.4) is 0 Å². The molecule has 0 heterocycles. The SMILES string of the molecule is CCS(=O)(=O)c1cccc(C(=O)NC(CCC(=O)O)CC2CCCCC2)c1. The predicted octanol–water partition coefficient (Wildman–Crippen LogP) is 3.41. The molecule has 1 amide bonds. The summed E-state index contributed by atoms with van der Waals surface area (Å²) in [5, 5.41) is 11.9. The van der Waals surface area contributed by atoms with Gasteiger partial charge >= 0.3 is 5.97 Å². The Morgan fingerprint density at radius 2 is 1.93 bits per heavy atom. The van der Waals surface area contributed by atoms with Crippen molar-refractivity contribution < 1.29 is 23.1 Å². The van der Waals surface area contributed by atoms with Crippen molar-refractivity contribution in [3.63, 3.8) is 0 Å². The van der Waals surface area contributed by atoms with E-state index in [1.54, 1.807) is 19.1 Å². The maximum atomic E-state index is 12.7. The first-order chi connectivity index (χ1) is 12.8. The van der Waals surface area contributed by atoms with Crippen molar-refractivity contribution in [2.45, 2.75) is 69.2 Å². The van der Waals surface area contributed by atoms with Crippen molar-refractivity contribution in [2.24, 2.45) is 5.92 Å². The van der Waals surface area contributed by atoms with Gasteiger partial charge in [0.25, 0.3) is 5.91 Å². The zero-order valence-electron chi connectivity index (χ0n) is 15.8. The second-order valence-electron chi connectivity index (χ2n) is 7.27. The van der Waals surface area contributed by atoms with E-state index in [1.807, 2.05) is 0 Å². The number of aliphatic carboxylic acids is 1. The van der Waals surface area contributed by atoms with Gasteiger partial charge in [-0.25, -0.2) is 8.42 Å². The summed E-state index contributed by atoms with van der Waals surface area (Å²) in [4.78, 5) is 23.7. The van der Waals surface area contributed by atoms with E-state index >= 15 is 0 Å². The Morgan fingerprint density at radius 3 is 2.56 bits per heavy atom. The van der Waals surface area contributed by atoms with Crippen LogP contribution in [-0.4, -0.2) is 37.2 Å². The summed E-state index contributed by atoms with van der Waals surface area (Å²) in [5.41, 5.74) is 0.286. The van der Waals surface area contributed by atoms with E-state index in [1.165, 1.54) is 31.4 Å². The minimum absolute atomic E-state index is 0.00191. The van der Waals surface area contributed by atoms with Crippen molar-refractivity contribution in [1.82, 2.24) is 5.32 Å². The molecule has 1 aliphatic rings. The van der Waals surface area contributed by atoms with E-state index in [0.717, 1.165) is 19.3 Å². The normalized spacial score (nSPS) is 16.6. The minimum Gasteiger partial charge on any atom is -0.481 e. The second kappa shape index (κ2) is 9.88. The topological polar surface area (TPSA) is 101 Å². The molecule has 0 bridgehead atoms. The highest BCUT2D eigenvalue weighted by Gasteiger charge is 2.22. The summed E-state index contributed by atoms with van der Waals surface area (Å²) >= 11 is 0. The van der Waals surface area contributed by atoms with Crippen LogP contribution in [-0.2, 0) is 14.6 Å². The number of amides is 1. The van der Waals surface area contributed by atoms with Crippen LogP contribution < -0.4 is 5.32 Å². The fraction of sp³-hybridized carbons (Fsp3) is 0.600. The highest BCUT2D eigenvalue weighted by atomic mass is 32.2. The summed E-state index contributed by atoms with van der Waals surface area (Å²) < 4.78 is 24.1. The lowest BCUT2D eigenvalue weighted by atomic mass is 9.84. The molecule has 6 nitrogen and oxygen atoms in total. The molecule has 27 heavy (non-hydrogen) atoms. The zero-order chi connectivity index (χ0) is 19.9. The van der Waals surface area contributed by atoms with Gasteiger partial charge in [-0.05, 0) is 37.0 Å². The number of rotatable bonds is 9. The largest absolute Gasteiger partial charge is 0.481 e. The molecule has 1 saturated carbocycles. The van der Waals surface area contributed by atoms with Crippen LogP contribution in [0, 0.1) is 5.92 Å². The van der Waals surface area contributed by atoms with Crippen LogP contribution in [0.4, 0.5) is 0 Å². The lowest BCUT2D eigenvalue weighted by Crippen LogP contribution is -2.37. The molecular weight excluding hydrogens is 366 g/mol. The highest BCUT2D eigenvalue weighted by Crippen LogP contribution is 2.28. The smallest absolute Gasteiger partial charge is 0.303 e. The van der Waals surface area contributed by atoms with E-state index in [-0.39, 0.29) is 34.6 Å². The van der Waals surface area contributed by atoms with Crippen molar-refractivity contribution in [3.8, 4) is 0 Å². The number of nitrogens with one attached hydrogen (secondary N) is 1. The van der Waals surface area contributed by atoms with Crippen LogP contribution in [0.1, 0.15) is 68.6 Å². The van der Waals surface area contributed by atoms with Crippen LogP contribution in [0.15, 0.2) is 29.2 Å². The molecular formula is C20H29NO5S. The first-order valence-electron chi connectivity index (χ1n) is 9.67. The van der Waals surface area contributed by atoms with Crippen LogP contribution >= 0.6 is 0 Å². The summed E-state index contributed by atoms with van der Waals surface area (Å²) in [6, 6.07) is 5.80. The first-order valence-corrected chi connectivity index (χ1v) is 11.3. The Morgan fingerprint density at radius 1 is 1.22 bits per heavy atom. The van der Waals surface area contributed by atoms with Gasteiger partial charge in [-0.3, -0.25) is 9.59 Å². The van der Waals surface area contributed by atoms with Crippen LogP contribution in [0.5, 0.6) is 0 Å². The van der Waals surface area contributed by atoms with Gasteiger partial charge in [-0.1, -0.05) is 45.1 Å². The van der Waals surface area contributed by atoms with Gasteiger partial charge in [0.2, 0.25) is 0 Å². The maximum absolute atomic E-state index is 12.7. The molecule has 1 aliphatic carbocycles. The van der Waals surface area contributed by atoms with Crippen LogP contribution in [0.25, 0.3) is 0 Å². The quantitative estimate of drug-likeness (QED) is 0.667. The summed E-state index contributed by atoms with van der Waals surface area (Å²) in [6.07, 6.45) is 6.98.